The molecule has 1 aliphatic heterocycles. The summed E-state index contributed by atoms with van der Waals surface area (Å²) in [5.74, 6) is 1.39. The molecule has 7 nitrogen and oxygen atoms in total. The maximum Gasteiger partial charge on any atom is 0.246 e. The highest BCUT2D eigenvalue weighted by atomic mass is 32.2. The Morgan fingerprint density at radius 3 is 2.19 bits per heavy atom. The highest BCUT2D eigenvalue weighted by Crippen LogP contribution is 2.32. The second-order valence-electron chi connectivity index (χ2n) is 9.71. The van der Waals surface area contributed by atoms with Crippen LogP contribution in [-0.4, -0.2) is 55.7 Å². The van der Waals surface area contributed by atoms with Gasteiger partial charge in [-0.25, -0.2) is 8.42 Å². The molecule has 3 aromatic rings. The Bertz CT molecular complexity index is 1330. The van der Waals surface area contributed by atoms with Crippen LogP contribution in [0.25, 0.3) is 11.3 Å². The van der Waals surface area contributed by atoms with Gasteiger partial charge in [0.2, 0.25) is 10.0 Å². The molecule has 36 heavy (non-hydrogen) atoms. The van der Waals surface area contributed by atoms with Crippen LogP contribution < -0.4 is 9.64 Å². The van der Waals surface area contributed by atoms with Gasteiger partial charge in [-0.05, 0) is 86.2 Å². The van der Waals surface area contributed by atoms with E-state index in [1.165, 1.54) is 16.7 Å². The molecule has 0 atom stereocenters. The minimum absolute atomic E-state index is 0.223. The average molecular weight is 509 g/mol. The first-order valence-electron chi connectivity index (χ1n) is 12.6. The molecule has 0 radical (unpaired) electrons. The first kappa shape index (κ1) is 26.1. The van der Waals surface area contributed by atoms with Gasteiger partial charge in [0.15, 0.2) is 5.82 Å². The van der Waals surface area contributed by atoms with E-state index in [9.17, 15) is 8.42 Å². The Labute approximate surface area is 215 Å². The van der Waals surface area contributed by atoms with Crippen molar-refractivity contribution in [3.8, 4) is 17.0 Å². The molecule has 0 amide bonds. The number of aromatic nitrogens is 2. The van der Waals surface area contributed by atoms with Crippen LogP contribution in [0.1, 0.15) is 48.9 Å². The van der Waals surface area contributed by atoms with Crippen LogP contribution in [0.15, 0.2) is 47.4 Å². The third-order valence-corrected chi connectivity index (χ3v) is 8.80. The zero-order valence-corrected chi connectivity index (χ0v) is 22.9. The molecule has 0 bridgehead atoms. The molecule has 0 spiro atoms. The monoisotopic (exact) mass is 508 g/mol. The summed E-state index contributed by atoms with van der Waals surface area (Å²) in [6.07, 6.45) is 0. The van der Waals surface area contributed by atoms with Gasteiger partial charge < -0.3 is 9.64 Å². The van der Waals surface area contributed by atoms with Crippen molar-refractivity contribution in [1.29, 1.82) is 0 Å². The molecule has 1 aromatic heterocycles. The molecular formula is C28H36N4O3S. The molecule has 0 unspecified atom stereocenters. The van der Waals surface area contributed by atoms with Gasteiger partial charge in [0.05, 0.1) is 12.3 Å². The van der Waals surface area contributed by atoms with Crippen molar-refractivity contribution < 1.29 is 13.2 Å². The SMILES string of the molecule is CCOc1ccc(C(C)C)cc1S(=O)(=O)N1CCN(c2ccc(-c3cc(C)c(C)cc3C)nn2)CC1. The number of piperazine rings is 1. The summed E-state index contributed by atoms with van der Waals surface area (Å²) in [6.45, 7) is 14.5. The molecular weight excluding hydrogens is 472 g/mol. The number of anilines is 1. The van der Waals surface area contributed by atoms with Gasteiger partial charge in [-0.1, -0.05) is 26.0 Å². The van der Waals surface area contributed by atoms with E-state index in [2.05, 4.69) is 61.8 Å². The van der Waals surface area contributed by atoms with Crippen molar-refractivity contribution in [2.75, 3.05) is 37.7 Å². The standard InChI is InChI=1S/C28H36N4O3S/c1-7-35-26-10-8-23(19(2)3)18-27(26)36(33,34)32-14-12-31(13-15-32)28-11-9-25(29-30-28)24-17-21(5)20(4)16-22(24)6/h8-11,16-19H,7,12-15H2,1-6H3. The quantitative estimate of drug-likeness (QED) is 0.442. The number of ether oxygens (including phenoxy) is 1. The lowest BCUT2D eigenvalue weighted by molar-refractivity contribution is 0.327. The summed E-state index contributed by atoms with van der Waals surface area (Å²) in [5.41, 5.74) is 6.57. The molecule has 1 aliphatic rings. The molecule has 1 fully saturated rings. The summed E-state index contributed by atoms with van der Waals surface area (Å²) in [6, 6.07) is 13.8. The normalized spacial score (nSPS) is 14.9. The van der Waals surface area contributed by atoms with Crippen LogP contribution in [0.3, 0.4) is 0 Å². The van der Waals surface area contributed by atoms with Crippen LogP contribution in [0.5, 0.6) is 5.75 Å². The fourth-order valence-electron chi connectivity index (χ4n) is 4.53. The Morgan fingerprint density at radius 2 is 1.58 bits per heavy atom. The molecule has 192 valence electrons. The second kappa shape index (κ2) is 10.6. The van der Waals surface area contributed by atoms with Crippen molar-refractivity contribution in [3.63, 3.8) is 0 Å². The number of benzene rings is 2. The van der Waals surface area contributed by atoms with Gasteiger partial charge in [0.25, 0.3) is 0 Å². The van der Waals surface area contributed by atoms with Crippen LogP contribution in [0.4, 0.5) is 5.82 Å². The Hall–Kier alpha value is -2.97. The third kappa shape index (κ3) is 5.25. The van der Waals surface area contributed by atoms with E-state index in [4.69, 9.17) is 4.74 Å². The lowest BCUT2D eigenvalue weighted by Crippen LogP contribution is -2.49. The number of nitrogens with zero attached hydrogens (tertiary/aromatic N) is 4. The smallest absolute Gasteiger partial charge is 0.246 e. The molecule has 2 heterocycles. The number of sulfonamides is 1. The Balaban J connectivity index is 1.50. The van der Waals surface area contributed by atoms with Crippen LogP contribution in [0.2, 0.25) is 0 Å². The molecule has 2 aromatic carbocycles. The number of hydrogen-bond donors (Lipinski definition) is 0. The fourth-order valence-corrected chi connectivity index (χ4v) is 6.12. The number of aryl methyl sites for hydroxylation is 3. The Morgan fingerprint density at radius 1 is 0.889 bits per heavy atom. The molecule has 1 saturated heterocycles. The van der Waals surface area contributed by atoms with Crippen molar-refractivity contribution in [2.24, 2.45) is 0 Å². The van der Waals surface area contributed by atoms with Crippen LogP contribution >= 0.6 is 0 Å². The van der Waals surface area contributed by atoms with Gasteiger partial charge >= 0.3 is 0 Å². The van der Waals surface area contributed by atoms with Crippen molar-refractivity contribution in [3.05, 3.63) is 64.7 Å². The molecule has 8 heteroatoms. The minimum Gasteiger partial charge on any atom is -0.492 e. The maximum atomic E-state index is 13.6. The van der Waals surface area contributed by atoms with Gasteiger partial charge in [0.1, 0.15) is 10.6 Å². The van der Waals surface area contributed by atoms with E-state index >= 15 is 0 Å². The first-order valence-corrected chi connectivity index (χ1v) is 14.0. The molecule has 0 N–H and O–H groups in total. The largest absolute Gasteiger partial charge is 0.492 e. The zero-order chi connectivity index (χ0) is 26.0. The summed E-state index contributed by atoms with van der Waals surface area (Å²) >= 11 is 0. The summed E-state index contributed by atoms with van der Waals surface area (Å²) in [7, 11) is -3.69. The predicted octanol–water partition coefficient (Wildman–Crippen LogP) is 5.10. The summed E-state index contributed by atoms with van der Waals surface area (Å²) in [4.78, 5) is 2.33. The van der Waals surface area contributed by atoms with Crippen molar-refractivity contribution in [2.45, 2.75) is 52.4 Å². The highest BCUT2D eigenvalue weighted by molar-refractivity contribution is 7.89. The van der Waals surface area contributed by atoms with Gasteiger partial charge in [-0.15, -0.1) is 10.2 Å². The van der Waals surface area contributed by atoms with Crippen LogP contribution in [0, 0.1) is 20.8 Å². The zero-order valence-electron chi connectivity index (χ0n) is 22.1. The van der Waals surface area contributed by atoms with Crippen molar-refractivity contribution in [1.82, 2.24) is 14.5 Å². The van der Waals surface area contributed by atoms with Gasteiger partial charge in [-0.2, -0.15) is 4.31 Å². The Kier molecular flexibility index (Phi) is 7.66. The minimum atomic E-state index is -3.69. The molecule has 0 aliphatic carbocycles. The van der Waals surface area contributed by atoms with E-state index in [0.29, 0.717) is 38.5 Å². The fraction of sp³-hybridized carbons (Fsp3) is 0.429. The number of hydrogen-bond acceptors (Lipinski definition) is 6. The van der Waals surface area contributed by atoms with Crippen LogP contribution in [-0.2, 0) is 10.0 Å². The molecule has 4 rings (SSSR count). The topological polar surface area (TPSA) is 75.6 Å². The number of rotatable bonds is 7. The van der Waals surface area contributed by atoms with Gasteiger partial charge in [0, 0.05) is 31.7 Å². The second-order valence-corrected chi connectivity index (χ2v) is 11.6. The van der Waals surface area contributed by atoms with E-state index < -0.39 is 10.0 Å². The average Bonchev–Trinajstić information content (AvgIpc) is 2.86. The maximum absolute atomic E-state index is 13.6. The van der Waals surface area contributed by atoms with E-state index in [1.54, 1.807) is 16.4 Å². The summed E-state index contributed by atoms with van der Waals surface area (Å²) in [5, 5.41) is 8.96. The summed E-state index contributed by atoms with van der Waals surface area (Å²) < 4.78 is 34.4. The van der Waals surface area contributed by atoms with Crippen molar-refractivity contribution >= 4 is 15.8 Å². The first-order chi connectivity index (χ1) is 17.1. The highest BCUT2D eigenvalue weighted by Gasteiger charge is 2.32. The van der Waals surface area contributed by atoms with Gasteiger partial charge in [-0.3, -0.25) is 0 Å². The predicted molar refractivity (Wildman–Crippen MR) is 144 cm³/mol. The van der Waals surface area contributed by atoms with E-state index in [-0.39, 0.29) is 10.8 Å². The lowest BCUT2D eigenvalue weighted by Gasteiger charge is -2.34. The third-order valence-electron chi connectivity index (χ3n) is 6.88. The van der Waals surface area contributed by atoms with E-state index in [1.807, 2.05) is 25.1 Å². The molecule has 0 saturated carbocycles. The van der Waals surface area contributed by atoms with E-state index in [0.717, 1.165) is 22.6 Å². The lowest BCUT2D eigenvalue weighted by atomic mass is 9.99.